The van der Waals surface area contributed by atoms with Crippen molar-refractivity contribution >= 4 is 21.6 Å². The Labute approximate surface area is 167 Å². The van der Waals surface area contributed by atoms with Gasteiger partial charge in [0.25, 0.3) is 5.91 Å². The molecule has 0 aliphatic rings. The van der Waals surface area contributed by atoms with Crippen LogP contribution in [0.3, 0.4) is 0 Å². The highest BCUT2D eigenvalue weighted by Gasteiger charge is 2.21. The Balaban J connectivity index is 2.14. The van der Waals surface area contributed by atoms with Crippen molar-refractivity contribution in [2.24, 2.45) is 0 Å². The number of sulfonamides is 1. The Bertz CT molecular complexity index is 876. The molecule has 0 fully saturated rings. The van der Waals surface area contributed by atoms with E-state index in [0.717, 1.165) is 12.8 Å². The molecule has 0 aromatic heterocycles. The summed E-state index contributed by atoms with van der Waals surface area (Å²) in [4.78, 5) is 12.8. The SMILES string of the molecule is CCCCOc1ccccc1C(=O)Nc1ccc(S(=O)(=O)N(CC)CC)cc1. The highest BCUT2D eigenvalue weighted by Crippen LogP contribution is 2.22. The molecule has 0 saturated carbocycles. The maximum Gasteiger partial charge on any atom is 0.259 e. The van der Waals surface area contributed by atoms with Gasteiger partial charge in [0.1, 0.15) is 5.75 Å². The number of nitrogens with zero attached hydrogens (tertiary/aromatic N) is 1. The van der Waals surface area contributed by atoms with Crippen molar-refractivity contribution in [3.63, 3.8) is 0 Å². The lowest BCUT2D eigenvalue weighted by molar-refractivity contribution is 0.102. The van der Waals surface area contributed by atoms with Gasteiger partial charge in [-0.25, -0.2) is 8.42 Å². The summed E-state index contributed by atoms with van der Waals surface area (Å²) in [6.07, 6.45) is 1.93. The monoisotopic (exact) mass is 404 g/mol. The van der Waals surface area contributed by atoms with Crippen molar-refractivity contribution in [2.45, 2.75) is 38.5 Å². The highest BCUT2D eigenvalue weighted by atomic mass is 32.2. The number of carbonyl (C=O) groups is 1. The molecule has 0 bridgehead atoms. The Morgan fingerprint density at radius 1 is 1.00 bits per heavy atom. The molecule has 0 heterocycles. The van der Waals surface area contributed by atoms with E-state index in [1.807, 2.05) is 6.07 Å². The molecule has 0 atom stereocenters. The van der Waals surface area contributed by atoms with Crippen LogP contribution in [0.4, 0.5) is 5.69 Å². The number of para-hydroxylation sites is 1. The van der Waals surface area contributed by atoms with Crippen molar-refractivity contribution < 1.29 is 17.9 Å². The largest absolute Gasteiger partial charge is 0.493 e. The first-order valence-electron chi connectivity index (χ1n) is 9.57. The van der Waals surface area contributed by atoms with Crippen LogP contribution in [-0.2, 0) is 10.0 Å². The first kappa shape index (κ1) is 21.9. The molecule has 1 amide bonds. The molecule has 6 nitrogen and oxygen atoms in total. The first-order valence-corrected chi connectivity index (χ1v) is 11.0. The number of hydrogen-bond acceptors (Lipinski definition) is 4. The van der Waals surface area contributed by atoms with E-state index >= 15 is 0 Å². The molecule has 0 spiro atoms. The Hall–Kier alpha value is -2.38. The first-order chi connectivity index (χ1) is 13.4. The lowest BCUT2D eigenvalue weighted by Crippen LogP contribution is -2.30. The topological polar surface area (TPSA) is 75.7 Å². The number of hydrogen-bond donors (Lipinski definition) is 1. The summed E-state index contributed by atoms with van der Waals surface area (Å²) in [5.74, 6) is 0.237. The van der Waals surface area contributed by atoms with Crippen molar-refractivity contribution in [3.8, 4) is 5.75 Å². The van der Waals surface area contributed by atoms with Crippen molar-refractivity contribution in [1.82, 2.24) is 4.31 Å². The second-order valence-electron chi connectivity index (χ2n) is 6.27. The summed E-state index contributed by atoms with van der Waals surface area (Å²) < 4.78 is 32.2. The van der Waals surface area contributed by atoms with E-state index in [1.54, 1.807) is 44.2 Å². The van der Waals surface area contributed by atoms with E-state index in [9.17, 15) is 13.2 Å². The third-order valence-corrected chi connectivity index (χ3v) is 6.41. The smallest absolute Gasteiger partial charge is 0.259 e. The molecule has 2 rings (SSSR count). The predicted molar refractivity (Wildman–Crippen MR) is 111 cm³/mol. The van der Waals surface area contributed by atoms with Gasteiger partial charge >= 0.3 is 0 Å². The van der Waals surface area contributed by atoms with Crippen LogP contribution in [0.25, 0.3) is 0 Å². The molecule has 0 aliphatic carbocycles. The lowest BCUT2D eigenvalue weighted by Gasteiger charge is -2.18. The number of carbonyl (C=O) groups excluding carboxylic acids is 1. The van der Waals surface area contributed by atoms with E-state index < -0.39 is 10.0 Å². The molecule has 152 valence electrons. The Morgan fingerprint density at radius 2 is 1.64 bits per heavy atom. The van der Waals surface area contributed by atoms with Crippen LogP contribution in [0.5, 0.6) is 5.75 Å². The van der Waals surface area contributed by atoms with Gasteiger partial charge < -0.3 is 10.1 Å². The summed E-state index contributed by atoms with van der Waals surface area (Å²) >= 11 is 0. The third-order valence-electron chi connectivity index (χ3n) is 4.34. The molecule has 0 aliphatic heterocycles. The number of benzene rings is 2. The molecule has 2 aromatic carbocycles. The van der Waals surface area contributed by atoms with Crippen LogP contribution in [0.1, 0.15) is 44.0 Å². The second kappa shape index (κ2) is 10.2. The average molecular weight is 405 g/mol. The number of rotatable bonds is 10. The van der Waals surface area contributed by atoms with Crippen LogP contribution in [0.2, 0.25) is 0 Å². The van der Waals surface area contributed by atoms with Crippen molar-refractivity contribution in [3.05, 3.63) is 54.1 Å². The molecule has 28 heavy (non-hydrogen) atoms. The van der Waals surface area contributed by atoms with Gasteiger partial charge in [0.05, 0.1) is 17.1 Å². The van der Waals surface area contributed by atoms with Gasteiger partial charge in [0.2, 0.25) is 10.0 Å². The molecule has 2 aromatic rings. The number of anilines is 1. The summed E-state index contributed by atoms with van der Waals surface area (Å²) in [5.41, 5.74) is 0.963. The summed E-state index contributed by atoms with van der Waals surface area (Å²) in [5, 5.41) is 2.80. The van der Waals surface area contributed by atoms with Crippen LogP contribution >= 0.6 is 0 Å². The minimum atomic E-state index is -3.52. The summed E-state index contributed by atoms with van der Waals surface area (Å²) in [6.45, 7) is 7.05. The van der Waals surface area contributed by atoms with Gasteiger partial charge in [-0.1, -0.05) is 39.3 Å². The van der Waals surface area contributed by atoms with Gasteiger partial charge in [-0.05, 0) is 42.8 Å². The third kappa shape index (κ3) is 5.33. The molecule has 0 unspecified atom stereocenters. The molecular weight excluding hydrogens is 376 g/mol. The van der Waals surface area contributed by atoms with E-state index in [4.69, 9.17) is 4.74 Å². The summed E-state index contributed by atoms with van der Waals surface area (Å²) in [6, 6.07) is 13.3. The normalized spacial score (nSPS) is 11.4. The van der Waals surface area contributed by atoms with Gasteiger partial charge in [-0.3, -0.25) is 4.79 Å². The van der Waals surface area contributed by atoms with E-state index in [-0.39, 0.29) is 10.8 Å². The summed E-state index contributed by atoms with van der Waals surface area (Å²) in [7, 11) is -3.52. The average Bonchev–Trinajstić information content (AvgIpc) is 2.69. The molecule has 7 heteroatoms. The van der Waals surface area contributed by atoms with E-state index in [0.29, 0.717) is 36.7 Å². The fourth-order valence-electron chi connectivity index (χ4n) is 2.73. The molecule has 1 N–H and O–H groups in total. The fraction of sp³-hybridized carbons (Fsp3) is 0.381. The Kier molecular flexibility index (Phi) is 8.02. The number of amides is 1. The maximum atomic E-state index is 12.6. The lowest BCUT2D eigenvalue weighted by atomic mass is 10.2. The van der Waals surface area contributed by atoms with Crippen LogP contribution in [0, 0.1) is 0 Å². The highest BCUT2D eigenvalue weighted by molar-refractivity contribution is 7.89. The number of unbranched alkanes of at least 4 members (excludes halogenated alkanes) is 1. The van der Waals surface area contributed by atoms with Crippen LogP contribution < -0.4 is 10.1 Å². The molecular formula is C21H28N2O4S. The van der Waals surface area contributed by atoms with Crippen molar-refractivity contribution in [2.75, 3.05) is 25.0 Å². The second-order valence-corrected chi connectivity index (χ2v) is 8.20. The van der Waals surface area contributed by atoms with Gasteiger partial charge in [0, 0.05) is 18.8 Å². The molecule has 0 saturated heterocycles. The number of nitrogens with one attached hydrogen (secondary N) is 1. The zero-order chi connectivity index (χ0) is 20.6. The zero-order valence-electron chi connectivity index (χ0n) is 16.6. The predicted octanol–water partition coefficient (Wildman–Crippen LogP) is 4.15. The zero-order valence-corrected chi connectivity index (χ0v) is 17.5. The Morgan fingerprint density at radius 3 is 2.25 bits per heavy atom. The standard InChI is InChI=1S/C21H28N2O4S/c1-4-7-16-27-20-11-9-8-10-19(20)21(24)22-17-12-14-18(15-13-17)28(25,26)23(5-2)6-3/h8-15H,4-7,16H2,1-3H3,(H,22,24). The van der Waals surface area contributed by atoms with Crippen LogP contribution in [-0.4, -0.2) is 38.3 Å². The minimum Gasteiger partial charge on any atom is -0.493 e. The van der Waals surface area contributed by atoms with Gasteiger partial charge in [0.15, 0.2) is 0 Å². The van der Waals surface area contributed by atoms with Gasteiger partial charge in [-0.2, -0.15) is 4.31 Å². The van der Waals surface area contributed by atoms with E-state index in [2.05, 4.69) is 12.2 Å². The quantitative estimate of drug-likeness (QED) is 0.604. The van der Waals surface area contributed by atoms with Gasteiger partial charge in [-0.15, -0.1) is 0 Å². The fourth-order valence-corrected chi connectivity index (χ4v) is 4.19. The maximum absolute atomic E-state index is 12.6. The van der Waals surface area contributed by atoms with E-state index in [1.165, 1.54) is 16.4 Å². The van der Waals surface area contributed by atoms with Crippen LogP contribution in [0.15, 0.2) is 53.4 Å². The van der Waals surface area contributed by atoms with Crippen molar-refractivity contribution in [1.29, 1.82) is 0 Å². The molecule has 0 radical (unpaired) electrons. The number of ether oxygens (including phenoxy) is 1. The minimum absolute atomic E-state index is 0.206.